The third-order valence-electron chi connectivity index (χ3n) is 3.52. The first-order valence-electron chi connectivity index (χ1n) is 6.56. The lowest BCUT2D eigenvalue weighted by atomic mass is 9.87. The van der Waals surface area contributed by atoms with Crippen molar-refractivity contribution in [2.45, 2.75) is 26.2 Å². The van der Waals surface area contributed by atoms with Crippen LogP contribution in [0.2, 0.25) is 20.1 Å². The van der Waals surface area contributed by atoms with Gasteiger partial charge in [-0.15, -0.1) is 0 Å². The molecule has 118 valence electrons. The molecule has 21 heavy (non-hydrogen) atoms. The van der Waals surface area contributed by atoms with Crippen LogP contribution in [0.15, 0.2) is 6.07 Å². The zero-order chi connectivity index (χ0) is 16.2. The normalized spacial score (nSPS) is 14.0. The summed E-state index contributed by atoms with van der Waals surface area (Å²) in [6.07, 6.45) is 1.87. The minimum absolute atomic E-state index is 0.113. The van der Waals surface area contributed by atoms with Crippen molar-refractivity contribution < 1.29 is 9.90 Å². The van der Waals surface area contributed by atoms with Crippen LogP contribution in [-0.2, 0) is 11.2 Å². The van der Waals surface area contributed by atoms with Crippen molar-refractivity contribution in [2.24, 2.45) is 17.6 Å². The summed E-state index contributed by atoms with van der Waals surface area (Å²) in [4.78, 5) is 11.1. The van der Waals surface area contributed by atoms with Crippen LogP contribution in [-0.4, -0.2) is 17.6 Å². The highest BCUT2D eigenvalue weighted by Crippen LogP contribution is 2.39. The number of halogens is 4. The van der Waals surface area contributed by atoms with Crippen LogP contribution in [0.3, 0.4) is 0 Å². The smallest absolute Gasteiger partial charge is 0.307 e. The molecule has 0 amide bonds. The van der Waals surface area contributed by atoms with Gasteiger partial charge in [-0.2, -0.15) is 0 Å². The van der Waals surface area contributed by atoms with E-state index in [1.807, 2.05) is 6.92 Å². The van der Waals surface area contributed by atoms with Gasteiger partial charge in [0.05, 0.1) is 26.0 Å². The Bertz CT molecular complexity index is 522. The first-order valence-corrected chi connectivity index (χ1v) is 8.07. The van der Waals surface area contributed by atoms with Crippen LogP contribution in [0.1, 0.15) is 25.3 Å². The summed E-state index contributed by atoms with van der Waals surface area (Å²) < 4.78 is 0. The number of carbonyl (C=O) groups is 1. The molecule has 3 nitrogen and oxygen atoms in total. The van der Waals surface area contributed by atoms with Crippen LogP contribution in [0.25, 0.3) is 0 Å². The molecule has 0 aromatic heterocycles. The van der Waals surface area contributed by atoms with E-state index in [-0.39, 0.29) is 22.5 Å². The number of hydrogen-bond acceptors (Lipinski definition) is 2. The number of nitrogens with two attached hydrogens (primary N) is 1. The fraction of sp³-hybridized carbons (Fsp3) is 0.500. The van der Waals surface area contributed by atoms with E-state index in [2.05, 4.69) is 0 Å². The van der Waals surface area contributed by atoms with E-state index in [0.29, 0.717) is 22.9 Å². The largest absolute Gasteiger partial charge is 0.481 e. The lowest BCUT2D eigenvalue weighted by Gasteiger charge is -2.20. The van der Waals surface area contributed by atoms with Gasteiger partial charge < -0.3 is 10.8 Å². The van der Waals surface area contributed by atoms with E-state index in [1.54, 1.807) is 6.07 Å². The maximum absolute atomic E-state index is 11.1. The molecule has 0 fully saturated rings. The van der Waals surface area contributed by atoms with Gasteiger partial charge in [-0.05, 0) is 30.4 Å². The number of carboxylic acids is 1. The summed E-state index contributed by atoms with van der Waals surface area (Å²) in [5, 5.41) is 10.3. The van der Waals surface area contributed by atoms with Gasteiger partial charge in [0.1, 0.15) is 0 Å². The summed E-state index contributed by atoms with van der Waals surface area (Å²) in [5.41, 5.74) is 6.27. The number of carboxylic acid groups (broad SMARTS) is 1. The minimum atomic E-state index is -0.880. The second-order valence-electron chi connectivity index (χ2n) is 4.94. The van der Waals surface area contributed by atoms with Crippen LogP contribution in [0, 0.1) is 11.8 Å². The first kappa shape index (κ1) is 18.9. The van der Waals surface area contributed by atoms with Crippen molar-refractivity contribution in [2.75, 3.05) is 6.54 Å². The standard InChI is InChI=1S/C14H17Cl4NO2/c1-2-7(4-9(6-19)14(20)21)3-8-5-10(15)12(17)13(18)11(8)16/h5,7,9H,2-4,6,19H2,1H3,(H,20,21). The van der Waals surface area contributed by atoms with Gasteiger partial charge in [0, 0.05) is 6.54 Å². The molecule has 0 aliphatic carbocycles. The van der Waals surface area contributed by atoms with Gasteiger partial charge in [0.2, 0.25) is 0 Å². The zero-order valence-electron chi connectivity index (χ0n) is 11.5. The Morgan fingerprint density at radius 2 is 1.86 bits per heavy atom. The van der Waals surface area contributed by atoms with E-state index >= 15 is 0 Å². The molecule has 1 aromatic carbocycles. The quantitative estimate of drug-likeness (QED) is 0.527. The molecule has 0 aliphatic rings. The van der Waals surface area contributed by atoms with Crippen molar-refractivity contribution in [3.05, 3.63) is 31.7 Å². The van der Waals surface area contributed by atoms with E-state index in [9.17, 15) is 4.79 Å². The zero-order valence-corrected chi connectivity index (χ0v) is 14.5. The molecule has 0 saturated carbocycles. The van der Waals surface area contributed by atoms with Gasteiger partial charge in [0.25, 0.3) is 0 Å². The van der Waals surface area contributed by atoms with E-state index < -0.39 is 11.9 Å². The maximum atomic E-state index is 11.1. The predicted octanol–water partition coefficient (Wildman–Crippen LogP) is 4.92. The first-order chi connectivity index (χ1) is 9.81. The van der Waals surface area contributed by atoms with Crippen molar-refractivity contribution in [1.82, 2.24) is 0 Å². The second-order valence-corrected chi connectivity index (χ2v) is 6.49. The summed E-state index contributed by atoms with van der Waals surface area (Å²) in [6.45, 7) is 2.11. The van der Waals surface area contributed by atoms with E-state index in [4.69, 9.17) is 57.2 Å². The molecule has 0 aliphatic heterocycles. The van der Waals surface area contributed by atoms with Crippen LogP contribution >= 0.6 is 46.4 Å². The monoisotopic (exact) mass is 371 g/mol. The molecular weight excluding hydrogens is 356 g/mol. The Hall–Kier alpha value is -0.190. The molecular formula is C14H17Cl4NO2. The van der Waals surface area contributed by atoms with E-state index in [1.165, 1.54) is 0 Å². The van der Waals surface area contributed by atoms with Gasteiger partial charge in [0.15, 0.2) is 0 Å². The third-order valence-corrected chi connectivity index (χ3v) is 5.31. The Kier molecular flexibility index (Phi) is 7.58. The highest BCUT2D eigenvalue weighted by Gasteiger charge is 2.22. The second kappa shape index (κ2) is 8.44. The highest BCUT2D eigenvalue weighted by molar-refractivity contribution is 6.51. The maximum Gasteiger partial charge on any atom is 0.307 e. The molecule has 1 aromatic rings. The summed E-state index contributed by atoms with van der Waals surface area (Å²) in [7, 11) is 0. The summed E-state index contributed by atoms with van der Waals surface area (Å²) in [5.74, 6) is -1.32. The molecule has 2 atom stereocenters. The molecule has 3 N–H and O–H groups in total. The van der Waals surface area contributed by atoms with Crippen molar-refractivity contribution >= 4 is 52.4 Å². The molecule has 0 spiro atoms. The molecule has 0 bridgehead atoms. The minimum Gasteiger partial charge on any atom is -0.481 e. The van der Waals surface area contributed by atoms with Crippen molar-refractivity contribution in [3.63, 3.8) is 0 Å². The van der Waals surface area contributed by atoms with Crippen molar-refractivity contribution in [3.8, 4) is 0 Å². The van der Waals surface area contributed by atoms with Gasteiger partial charge in [-0.3, -0.25) is 4.79 Å². The number of rotatable bonds is 7. The fourth-order valence-corrected chi connectivity index (χ4v) is 3.10. The fourth-order valence-electron chi connectivity index (χ4n) is 2.18. The highest BCUT2D eigenvalue weighted by atomic mass is 35.5. The van der Waals surface area contributed by atoms with Crippen LogP contribution in [0.4, 0.5) is 0 Å². The topological polar surface area (TPSA) is 63.3 Å². The predicted molar refractivity (Wildman–Crippen MR) is 88.8 cm³/mol. The van der Waals surface area contributed by atoms with Gasteiger partial charge in [-0.25, -0.2) is 0 Å². The summed E-state index contributed by atoms with van der Waals surface area (Å²) >= 11 is 24.2. The molecule has 2 unspecified atom stereocenters. The number of benzene rings is 1. The van der Waals surface area contributed by atoms with Gasteiger partial charge >= 0.3 is 5.97 Å². The molecule has 0 saturated heterocycles. The average molecular weight is 373 g/mol. The SMILES string of the molecule is CCC(Cc1cc(Cl)c(Cl)c(Cl)c1Cl)CC(CN)C(=O)O. The molecule has 7 heteroatoms. The molecule has 0 heterocycles. The Labute approximate surface area is 144 Å². The lowest BCUT2D eigenvalue weighted by molar-refractivity contribution is -0.142. The van der Waals surface area contributed by atoms with E-state index in [0.717, 1.165) is 12.0 Å². The Morgan fingerprint density at radius 3 is 2.33 bits per heavy atom. The summed E-state index contributed by atoms with van der Waals surface area (Å²) in [6, 6.07) is 1.68. The molecule has 1 rings (SSSR count). The third kappa shape index (κ3) is 4.90. The Morgan fingerprint density at radius 1 is 1.24 bits per heavy atom. The number of aliphatic carboxylic acids is 1. The number of hydrogen-bond donors (Lipinski definition) is 2. The van der Waals surface area contributed by atoms with Crippen LogP contribution in [0.5, 0.6) is 0 Å². The van der Waals surface area contributed by atoms with Crippen molar-refractivity contribution in [1.29, 1.82) is 0 Å². The van der Waals surface area contributed by atoms with Crippen LogP contribution < -0.4 is 5.73 Å². The van der Waals surface area contributed by atoms with Gasteiger partial charge in [-0.1, -0.05) is 59.7 Å². The lowest BCUT2D eigenvalue weighted by Crippen LogP contribution is -2.26. The average Bonchev–Trinajstić information content (AvgIpc) is 2.45. The Balaban J connectivity index is 2.94. The molecule has 0 radical (unpaired) electrons.